The first-order valence-corrected chi connectivity index (χ1v) is 12.0. The lowest BCUT2D eigenvalue weighted by Crippen LogP contribution is -2.51. The number of nitrogens with zero attached hydrogens (tertiary/aromatic N) is 2. The zero-order valence-corrected chi connectivity index (χ0v) is 17.4. The fourth-order valence-electron chi connectivity index (χ4n) is 1.42. The lowest BCUT2D eigenvalue weighted by atomic mass is 10.2. The van der Waals surface area contributed by atoms with Crippen molar-refractivity contribution >= 4 is 30.9 Å². The molecule has 0 radical (unpaired) electrons. The number of hydrogen-bond donors (Lipinski definition) is 1. The van der Waals surface area contributed by atoms with Crippen LogP contribution in [0.5, 0.6) is 0 Å². The fraction of sp³-hybridized carbons (Fsp3) is 0.733. The van der Waals surface area contributed by atoms with Crippen molar-refractivity contribution in [2.45, 2.75) is 71.0 Å². The first-order valence-electron chi connectivity index (χ1n) is 7.50. The molecule has 8 heteroatoms. The molecule has 0 unspecified atom stereocenters. The maximum Gasteiger partial charge on any atom is 0.214 e. The Morgan fingerprint density at radius 1 is 1.30 bits per heavy atom. The van der Waals surface area contributed by atoms with Gasteiger partial charge in [0, 0.05) is 6.20 Å². The molecule has 0 aromatic rings. The average molecular weight is 362 g/mol. The van der Waals surface area contributed by atoms with Crippen molar-refractivity contribution in [2.75, 3.05) is 0 Å². The summed E-state index contributed by atoms with van der Waals surface area (Å²) in [5.41, 5.74) is 0.959. The van der Waals surface area contributed by atoms with Crippen molar-refractivity contribution in [2.24, 2.45) is 15.1 Å². The van der Waals surface area contributed by atoms with Crippen molar-refractivity contribution in [3.8, 4) is 0 Å². The fourth-order valence-corrected chi connectivity index (χ4v) is 3.34. The first-order chi connectivity index (χ1) is 10.1. The standard InChI is InChI=1S/C15H31N3O3SSi/c1-11(2)10-18-14(17-7)13(12(3)22(16,19)20)21-23(8,9)15(4,5)6/h10,12-13H,7H2,1-6,8-9H3,(H2,16,19,20)/t12-,13+/m1/s1. The van der Waals surface area contributed by atoms with Crippen LogP contribution >= 0.6 is 0 Å². The molecule has 0 aliphatic rings. The van der Waals surface area contributed by atoms with Gasteiger partial charge in [0.15, 0.2) is 14.2 Å². The highest BCUT2D eigenvalue weighted by Gasteiger charge is 2.43. The molecule has 0 aromatic heterocycles. The van der Waals surface area contributed by atoms with E-state index in [1.165, 1.54) is 6.92 Å². The number of aliphatic imine (C=N–C) groups is 2. The van der Waals surface area contributed by atoms with Gasteiger partial charge in [0.2, 0.25) is 10.0 Å². The minimum absolute atomic E-state index is 0.0911. The van der Waals surface area contributed by atoms with Crippen molar-refractivity contribution in [3.63, 3.8) is 0 Å². The molecule has 0 aromatic carbocycles. The number of sulfonamides is 1. The van der Waals surface area contributed by atoms with Crippen molar-refractivity contribution in [3.05, 3.63) is 11.8 Å². The van der Waals surface area contributed by atoms with E-state index in [1.807, 2.05) is 26.9 Å². The Morgan fingerprint density at radius 2 is 1.78 bits per heavy atom. The van der Waals surface area contributed by atoms with Gasteiger partial charge in [0.05, 0.1) is 0 Å². The number of nitrogens with two attached hydrogens (primary N) is 1. The normalized spacial score (nSPS) is 16.7. The predicted octanol–water partition coefficient (Wildman–Crippen LogP) is 3.08. The Kier molecular flexibility index (Phi) is 7.54. The van der Waals surface area contributed by atoms with Crippen molar-refractivity contribution in [1.82, 2.24) is 0 Å². The summed E-state index contributed by atoms with van der Waals surface area (Å²) in [4.78, 5) is 8.14. The van der Waals surface area contributed by atoms with Gasteiger partial charge in [-0.1, -0.05) is 26.3 Å². The molecule has 0 heterocycles. The lowest BCUT2D eigenvalue weighted by Gasteiger charge is -2.40. The number of rotatable bonds is 6. The zero-order chi connectivity index (χ0) is 18.6. The third-order valence-corrected chi connectivity index (χ3v) is 9.78. The summed E-state index contributed by atoms with van der Waals surface area (Å²) in [6.07, 6.45) is 0.765. The molecule has 134 valence electrons. The molecular weight excluding hydrogens is 330 g/mol. The van der Waals surface area contributed by atoms with Gasteiger partial charge in [0.1, 0.15) is 11.4 Å². The van der Waals surface area contributed by atoms with Gasteiger partial charge in [-0.3, -0.25) is 0 Å². The molecule has 0 rings (SSSR count). The second-order valence-corrected chi connectivity index (χ2v) is 14.1. The van der Waals surface area contributed by atoms with Crippen LogP contribution in [0.25, 0.3) is 0 Å². The maximum atomic E-state index is 11.8. The van der Waals surface area contributed by atoms with Gasteiger partial charge in [-0.05, 0) is 45.6 Å². The van der Waals surface area contributed by atoms with E-state index in [0.29, 0.717) is 0 Å². The van der Waals surface area contributed by atoms with E-state index in [-0.39, 0.29) is 10.9 Å². The van der Waals surface area contributed by atoms with Crippen LogP contribution in [0, 0.1) is 0 Å². The molecule has 0 saturated carbocycles. The monoisotopic (exact) mass is 361 g/mol. The summed E-state index contributed by atoms with van der Waals surface area (Å²) in [7, 11) is -6.06. The Bertz CT molecular complexity index is 586. The minimum Gasteiger partial charge on any atom is -0.405 e. The summed E-state index contributed by atoms with van der Waals surface area (Å²) >= 11 is 0. The molecular formula is C15H31N3O3SSi. The minimum atomic E-state index is -3.81. The first kappa shape index (κ1) is 22.2. The van der Waals surface area contributed by atoms with Crippen molar-refractivity contribution in [1.29, 1.82) is 0 Å². The molecule has 0 saturated heterocycles. The van der Waals surface area contributed by atoms with Gasteiger partial charge in [-0.25, -0.2) is 23.5 Å². The quantitative estimate of drug-likeness (QED) is 0.447. The molecule has 0 amide bonds. The maximum absolute atomic E-state index is 11.8. The van der Waals surface area contributed by atoms with E-state index < -0.39 is 29.7 Å². The van der Waals surface area contributed by atoms with E-state index in [2.05, 4.69) is 37.5 Å². The topological polar surface area (TPSA) is 94.1 Å². The molecule has 0 bridgehead atoms. The summed E-state index contributed by atoms with van der Waals surface area (Å²) < 4.78 is 30.0. The van der Waals surface area contributed by atoms with Gasteiger partial charge < -0.3 is 4.43 Å². The number of amidine groups is 1. The predicted molar refractivity (Wildman–Crippen MR) is 101 cm³/mol. The molecule has 0 fully saturated rings. The largest absolute Gasteiger partial charge is 0.405 e. The Hall–Kier alpha value is -0.833. The Labute approximate surface area is 142 Å². The summed E-state index contributed by atoms with van der Waals surface area (Å²) in [6.45, 7) is 19.1. The Morgan fingerprint density at radius 3 is 2.09 bits per heavy atom. The summed E-state index contributed by atoms with van der Waals surface area (Å²) in [6, 6.07) is 0. The van der Waals surface area contributed by atoms with Crippen LogP contribution in [-0.4, -0.2) is 40.6 Å². The van der Waals surface area contributed by atoms with Gasteiger partial charge in [-0.2, -0.15) is 0 Å². The average Bonchev–Trinajstić information content (AvgIpc) is 2.34. The molecule has 6 nitrogen and oxygen atoms in total. The van der Waals surface area contributed by atoms with Gasteiger partial charge >= 0.3 is 0 Å². The van der Waals surface area contributed by atoms with Gasteiger partial charge in [-0.15, -0.1) is 0 Å². The molecule has 0 aliphatic heterocycles. The van der Waals surface area contributed by atoms with Crippen LogP contribution in [0.3, 0.4) is 0 Å². The van der Waals surface area contributed by atoms with E-state index in [1.54, 1.807) is 6.20 Å². The third kappa shape index (κ3) is 6.66. The number of primary sulfonamides is 1. The zero-order valence-electron chi connectivity index (χ0n) is 15.5. The van der Waals surface area contributed by atoms with Crippen LogP contribution in [0.15, 0.2) is 21.8 Å². The van der Waals surface area contributed by atoms with Crippen LogP contribution in [0.4, 0.5) is 0 Å². The van der Waals surface area contributed by atoms with E-state index in [4.69, 9.17) is 9.56 Å². The van der Waals surface area contributed by atoms with Crippen LogP contribution in [-0.2, 0) is 14.4 Å². The van der Waals surface area contributed by atoms with Crippen molar-refractivity contribution < 1.29 is 12.8 Å². The van der Waals surface area contributed by atoms with Crippen LogP contribution in [0.2, 0.25) is 18.1 Å². The van der Waals surface area contributed by atoms with E-state index in [0.717, 1.165) is 5.57 Å². The molecule has 0 aliphatic carbocycles. The summed E-state index contributed by atoms with van der Waals surface area (Å²) in [5, 5.41) is 4.27. The van der Waals surface area contributed by atoms with Gasteiger partial charge in [0.25, 0.3) is 0 Å². The van der Waals surface area contributed by atoms with Crippen LogP contribution < -0.4 is 5.14 Å². The van der Waals surface area contributed by atoms with E-state index >= 15 is 0 Å². The summed E-state index contributed by atoms with van der Waals surface area (Å²) in [5.74, 6) is 0.234. The number of hydrogen-bond acceptors (Lipinski definition) is 4. The lowest BCUT2D eigenvalue weighted by molar-refractivity contribution is 0.237. The second-order valence-electron chi connectivity index (χ2n) is 7.44. The highest BCUT2D eigenvalue weighted by atomic mass is 32.2. The highest BCUT2D eigenvalue weighted by molar-refractivity contribution is 7.89. The molecule has 23 heavy (non-hydrogen) atoms. The number of allylic oxidation sites excluding steroid dienone is 1. The highest BCUT2D eigenvalue weighted by Crippen LogP contribution is 2.38. The molecule has 2 N–H and O–H groups in total. The molecule has 2 atom stereocenters. The van der Waals surface area contributed by atoms with E-state index in [9.17, 15) is 8.42 Å². The third-order valence-electron chi connectivity index (χ3n) is 4.04. The second kappa shape index (κ2) is 7.83. The Balaban J connectivity index is 5.99. The van der Waals surface area contributed by atoms with Crippen LogP contribution in [0.1, 0.15) is 41.5 Å². The SMILES string of the molecule is C=NC(=NC=C(C)C)[C@@H](O[Si](C)(C)C(C)(C)C)[C@@H](C)S(N)(=O)=O. The molecule has 0 spiro atoms. The smallest absolute Gasteiger partial charge is 0.214 e.